The van der Waals surface area contributed by atoms with Crippen LogP contribution in [-0.4, -0.2) is 51.8 Å². The summed E-state index contributed by atoms with van der Waals surface area (Å²) in [4.78, 5) is 2.70. The van der Waals surface area contributed by atoms with Gasteiger partial charge in [0.1, 0.15) is 11.5 Å². The van der Waals surface area contributed by atoms with E-state index >= 15 is 0 Å². The van der Waals surface area contributed by atoms with Crippen molar-refractivity contribution in [1.82, 2.24) is 10.2 Å². The molecule has 3 rings (SSSR count). The summed E-state index contributed by atoms with van der Waals surface area (Å²) in [6.45, 7) is 6.29. The summed E-state index contributed by atoms with van der Waals surface area (Å²) in [5.74, 6) is 3.52. The average Bonchev–Trinajstić information content (AvgIpc) is 2.68. The molecular weight excluding hydrogens is 348 g/mol. The van der Waals surface area contributed by atoms with E-state index < -0.39 is 0 Å². The van der Waals surface area contributed by atoms with E-state index in [1.807, 2.05) is 6.07 Å². The van der Waals surface area contributed by atoms with Crippen LogP contribution in [0.4, 0.5) is 0 Å². The van der Waals surface area contributed by atoms with E-state index in [1.54, 1.807) is 14.2 Å². The maximum absolute atomic E-state index is 5.38. The quantitative estimate of drug-likeness (QED) is 0.778. The number of halogens is 1. The summed E-state index contributed by atoms with van der Waals surface area (Å²) in [7, 11) is 3.44. The molecule has 0 aromatic heterocycles. The molecule has 148 valence electrons. The van der Waals surface area contributed by atoms with Crippen molar-refractivity contribution in [3.8, 4) is 11.5 Å². The Morgan fingerprint density at radius 1 is 1.00 bits per heavy atom. The zero-order chi connectivity index (χ0) is 17.5. The molecular formula is C21H35ClN2O2. The largest absolute Gasteiger partial charge is 0.497 e. The number of hydrogen-bond donors (Lipinski definition) is 1. The molecule has 0 aliphatic carbocycles. The first-order valence-corrected chi connectivity index (χ1v) is 9.92. The van der Waals surface area contributed by atoms with Gasteiger partial charge in [0.2, 0.25) is 0 Å². The minimum absolute atomic E-state index is 0. The molecule has 4 nitrogen and oxygen atoms in total. The van der Waals surface area contributed by atoms with E-state index in [0.717, 1.165) is 29.8 Å². The number of aryl methyl sites for hydroxylation is 1. The highest BCUT2D eigenvalue weighted by Crippen LogP contribution is 2.27. The normalized spacial score (nSPS) is 21.8. The molecule has 1 aromatic rings. The third-order valence-corrected chi connectivity index (χ3v) is 5.87. The van der Waals surface area contributed by atoms with Crippen molar-refractivity contribution >= 4 is 12.4 Å². The van der Waals surface area contributed by atoms with Crippen LogP contribution in [0.3, 0.4) is 0 Å². The molecule has 0 spiro atoms. The lowest BCUT2D eigenvalue weighted by Crippen LogP contribution is -2.41. The second-order valence-electron chi connectivity index (χ2n) is 7.72. The Hall–Kier alpha value is -0.970. The standard InChI is InChI=1S/C21H34N2O2.ClH/c1-24-20-12-18(13-21(14-20)25-2)6-5-17-7-10-23(11-8-17)16-19-4-3-9-22-15-19;/h12-14,17,19,22H,3-11,15-16H2,1-2H3;1H. The summed E-state index contributed by atoms with van der Waals surface area (Å²) in [5.41, 5.74) is 1.33. The van der Waals surface area contributed by atoms with Gasteiger partial charge in [0.15, 0.2) is 0 Å². The fourth-order valence-corrected chi connectivity index (χ4v) is 4.28. The minimum atomic E-state index is 0. The average molecular weight is 383 g/mol. The van der Waals surface area contributed by atoms with Crippen molar-refractivity contribution < 1.29 is 9.47 Å². The number of likely N-dealkylation sites (tertiary alicyclic amines) is 1. The van der Waals surface area contributed by atoms with Crippen LogP contribution in [-0.2, 0) is 6.42 Å². The first-order valence-electron chi connectivity index (χ1n) is 9.92. The molecule has 2 saturated heterocycles. The van der Waals surface area contributed by atoms with Gasteiger partial charge < -0.3 is 19.7 Å². The molecule has 2 fully saturated rings. The number of hydrogen-bond acceptors (Lipinski definition) is 4. The van der Waals surface area contributed by atoms with Crippen LogP contribution in [0, 0.1) is 11.8 Å². The van der Waals surface area contributed by atoms with E-state index in [0.29, 0.717) is 0 Å². The van der Waals surface area contributed by atoms with Gasteiger partial charge in [-0.25, -0.2) is 0 Å². The molecule has 0 saturated carbocycles. The van der Waals surface area contributed by atoms with Crippen LogP contribution in [0.1, 0.15) is 37.7 Å². The number of rotatable bonds is 7. The second-order valence-corrected chi connectivity index (χ2v) is 7.72. The van der Waals surface area contributed by atoms with Gasteiger partial charge >= 0.3 is 0 Å². The highest BCUT2D eigenvalue weighted by atomic mass is 35.5. The Balaban J connectivity index is 0.00000243. The van der Waals surface area contributed by atoms with Gasteiger partial charge in [0, 0.05) is 12.6 Å². The van der Waals surface area contributed by atoms with Crippen molar-refractivity contribution in [2.75, 3.05) is 46.9 Å². The molecule has 2 aliphatic heterocycles. The smallest absolute Gasteiger partial charge is 0.122 e. The Kier molecular flexibility index (Phi) is 9.03. The topological polar surface area (TPSA) is 33.7 Å². The summed E-state index contributed by atoms with van der Waals surface area (Å²) in [5, 5.41) is 3.54. The summed E-state index contributed by atoms with van der Waals surface area (Å²) < 4.78 is 10.8. The van der Waals surface area contributed by atoms with Crippen LogP contribution in [0.25, 0.3) is 0 Å². The predicted molar refractivity (Wildman–Crippen MR) is 110 cm³/mol. The number of nitrogens with one attached hydrogen (secondary N) is 1. The second kappa shape index (κ2) is 11.0. The summed E-state index contributed by atoms with van der Waals surface area (Å²) in [6, 6.07) is 6.24. The zero-order valence-corrected chi connectivity index (χ0v) is 17.2. The van der Waals surface area contributed by atoms with Crippen molar-refractivity contribution in [2.24, 2.45) is 11.8 Å². The predicted octanol–water partition coefficient (Wildman–Crippen LogP) is 3.77. The Labute approximate surface area is 165 Å². The van der Waals surface area contributed by atoms with Gasteiger partial charge in [-0.1, -0.05) is 0 Å². The Bertz CT molecular complexity index is 504. The highest BCUT2D eigenvalue weighted by molar-refractivity contribution is 5.85. The minimum Gasteiger partial charge on any atom is -0.497 e. The van der Waals surface area contributed by atoms with E-state index in [9.17, 15) is 0 Å². The monoisotopic (exact) mass is 382 g/mol. The van der Waals surface area contributed by atoms with E-state index in [-0.39, 0.29) is 12.4 Å². The van der Waals surface area contributed by atoms with E-state index in [4.69, 9.17) is 9.47 Å². The zero-order valence-electron chi connectivity index (χ0n) is 16.3. The third kappa shape index (κ3) is 6.33. The van der Waals surface area contributed by atoms with Gasteiger partial charge in [-0.2, -0.15) is 0 Å². The van der Waals surface area contributed by atoms with Gasteiger partial charge in [0.25, 0.3) is 0 Å². The highest BCUT2D eigenvalue weighted by Gasteiger charge is 2.22. The number of benzene rings is 1. The molecule has 1 atom stereocenters. The lowest BCUT2D eigenvalue weighted by atomic mass is 9.89. The first-order chi connectivity index (χ1) is 12.3. The lowest BCUT2D eigenvalue weighted by molar-refractivity contribution is 0.146. The van der Waals surface area contributed by atoms with Gasteiger partial charge in [-0.05, 0) is 94.2 Å². The van der Waals surface area contributed by atoms with Crippen LogP contribution < -0.4 is 14.8 Å². The third-order valence-electron chi connectivity index (χ3n) is 5.87. The van der Waals surface area contributed by atoms with Crippen molar-refractivity contribution in [3.05, 3.63) is 23.8 Å². The fraction of sp³-hybridized carbons (Fsp3) is 0.714. The Morgan fingerprint density at radius 3 is 2.27 bits per heavy atom. The molecule has 1 N–H and O–H groups in total. The summed E-state index contributed by atoms with van der Waals surface area (Å²) >= 11 is 0. The first kappa shape index (κ1) is 21.3. The van der Waals surface area contributed by atoms with Crippen LogP contribution in [0.5, 0.6) is 11.5 Å². The Morgan fingerprint density at radius 2 is 1.69 bits per heavy atom. The van der Waals surface area contributed by atoms with Gasteiger partial charge in [-0.3, -0.25) is 0 Å². The van der Waals surface area contributed by atoms with Gasteiger partial charge in [0.05, 0.1) is 14.2 Å². The molecule has 2 heterocycles. The number of ether oxygens (including phenoxy) is 2. The van der Waals surface area contributed by atoms with Crippen molar-refractivity contribution in [3.63, 3.8) is 0 Å². The van der Waals surface area contributed by atoms with Crippen molar-refractivity contribution in [1.29, 1.82) is 0 Å². The number of piperidine rings is 2. The van der Waals surface area contributed by atoms with E-state index in [2.05, 4.69) is 22.3 Å². The molecule has 26 heavy (non-hydrogen) atoms. The molecule has 0 amide bonds. The van der Waals surface area contributed by atoms with Crippen LogP contribution >= 0.6 is 12.4 Å². The lowest BCUT2D eigenvalue weighted by Gasteiger charge is -2.35. The van der Waals surface area contributed by atoms with Crippen molar-refractivity contribution in [2.45, 2.75) is 38.5 Å². The molecule has 1 unspecified atom stereocenters. The SMILES string of the molecule is COc1cc(CCC2CCN(CC3CCCNC3)CC2)cc(OC)c1.Cl. The maximum Gasteiger partial charge on any atom is 0.122 e. The summed E-state index contributed by atoms with van der Waals surface area (Å²) in [6.07, 6.45) is 7.85. The molecule has 0 radical (unpaired) electrons. The molecule has 1 aromatic carbocycles. The number of methoxy groups -OCH3 is 2. The van der Waals surface area contributed by atoms with Gasteiger partial charge in [-0.15, -0.1) is 12.4 Å². The maximum atomic E-state index is 5.38. The van der Waals surface area contributed by atoms with Crippen LogP contribution in [0.15, 0.2) is 18.2 Å². The number of nitrogens with zero attached hydrogens (tertiary/aromatic N) is 1. The van der Waals surface area contributed by atoms with E-state index in [1.165, 1.54) is 70.4 Å². The molecule has 2 aliphatic rings. The van der Waals surface area contributed by atoms with Crippen LogP contribution in [0.2, 0.25) is 0 Å². The fourth-order valence-electron chi connectivity index (χ4n) is 4.28. The molecule has 0 bridgehead atoms. The molecule has 5 heteroatoms.